The summed E-state index contributed by atoms with van der Waals surface area (Å²) < 4.78 is 25.1. The van der Waals surface area contributed by atoms with Crippen molar-refractivity contribution in [2.24, 2.45) is 0 Å². The van der Waals surface area contributed by atoms with E-state index in [2.05, 4.69) is 35.1 Å². The molecule has 3 heterocycles. The standard InChI is InChI=1S/C17H21N3O2S/c1-13-2-3-15-4-6-19(17(15)8-13)10-14-9-18-20(11-14)16-5-7-23(21,22)12-16/h2-3,8-9,11,16H,4-7,10,12H2,1H3. The topological polar surface area (TPSA) is 55.2 Å². The van der Waals surface area contributed by atoms with Crippen LogP contribution in [0.2, 0.25) is 0 Å². The first-order valence-electron chi connectivity index (χ1n) is 8.08. The van der Waals surface area contributed by atoms with Gasteiger partial charge in [0.15, 0.2) is 9.84 Å². The van der Waals surface area contributed by atoms with Crippen LogP contribution >= 0.6 is 0 Å². The first-order chi connectivity index (χ1) is 11.0. The van der Waals surface area contributed by atoms with Crippen molar-refractivity contribution in [2.75, 3.05) is 23.0 Å². The van der Waals surface area contributed by atoms with E-state index in [1.54, 1.807) is 0 Å². The highest BCUT2D eigenvalue weighted by Gasteiger charge is 2.29. The monoisotopic (exact) mass is 331 g/mol. The maximum atomic E-state index is 11.6. The third-order valence-electron chi connectivity index (χ3n) is 4.84. The molecule has 1 aromatic carbocycles. The summed E-state index contributed by atoms with van der Waals surface area (Å²) in [6, 6.07) is 6.64. The molecule has 0 spiro atoms. The molecule has 1 unspecified atom stereocenters. The van der Waals surface area contributed by atoms with Gasteiger partial charge in [0.1, 0.15) is 0 Å². The fraction of sp³-hybridized carbons (Fsp3) is 0.471. The first kappa shape index (κ1) is 14.8. The number of aromatic nitrogens is 2. The molecule has 2 aliphatic heterocycles. The van der Waals surface area contributed by atoms with Gasteiger partial charge in [0.05, 0.1) is 23.7 Å². The molecule has 1 atom stereocenters. The van der Waals surface area contributed by atoms with Crippen molar-refractivity contribution in [1.82, 2.24) is 9.78 Å². The van der Waals surface area contributed by atoms with E-state index in [4.69, 9.17) is 0 Å². The van der Waals surface area contributed by atoms with Gasteiger partial charge >= 0.3 is 0 Å². The molecule has 5 nitrogen and oxygen atoms in total. The van der Waals surface area contributed by atoms with Crippen molar-refractivity contribution in [3.05, 3.63) is 47.3 Å². The second-order valence-electron chi connectivity index (χ2n) is 6.69. The van der Waals surface area contributed by atoms with Crippen LogP contribution < -0.4 is 4.90 Å². The zero-order valence-corrected chi connectivity index (χ0v) is 14.1. The number of aryl methyl sites for hydroxylation is 1. The zero-order valence-electron chi connectivity index (χ0n) is 13.3. The average Bonchev–Trinajstić information content (AvgIpc) is 3.19. The quantitative estimate of drug-likeness (QED) is 0.864. The van der Waals surface area contributed by atoms with Gasteiger partial charge in [-0.25, -0.2) is 8.42 Å². The van der Waals surface area contributed by atoms with Crippen LogP contribution in [0, 0.1) is 6.92 Å². The molecule has 4 rings (SSSR count). The number of nitrogens with zero attached hydrogens (tertiary/aromatic N) is 3. The molecule has 0 radical (unpaired) electrons. The normalized spacial score (nSPS) is 22.5. The van der Waals surface area contributed by atoms with Crippen molar-refractivity contribution >= 4 is 15.5 Å². The molecule has 1 fully saturated rings. The molecule has 0 N–H and O–H groups in total. The molecule has 0 bridgehead atoms. The lowest BCUT2D eigenvalue weighted by atomic mass is 10.1. The molecule has 0 saturated carbocycles. The van der Waals surface area contributed by atoms with Gasteiger partial charge in [-0.2, -0.15) is 5.10 Å². The Hall–Kier alpha value is -1.82. The average molecular weight is 331 g/mol. The van der Waals surface area contributed by atoms with Crippen molar-refractivity contribution < 1.29 is 8.42 Å². The zero-order chi connectivity index (χ0) is 16.0. The summed E-state index contributed by atoms with van der Waals surface area (Å²) in [5.41, 5.74) is 5.15. The maximum absolute atomic E-state index is 11.6. The summed E-state index contributed by atoms with van der Waals surface area (Å²) in [6.07, 6.45) is 5.65. The van der Waals surface area contributed by atoms with Crippen LogP contribution in [-0.2, 0) is 22.8 Å². The van der Waals surface area contributed by atoms with Gasteiger partial charge in [0, 0.05) is 30.5 Å². The Morgan fingerprint density at radius 3 is 3.00 bits per heavy atom. The fourth-order valence-electron chi connectivity index (χ4n) is 3.58. The number of anilines is 1. The number of sulfone groups is 1. The molecule has 0 amide bonds. The smallest absolute Gasteiger partial charge is 0.152 e. The van der Waals surface area contributed by atoms with Crippen LogP contribution in [0.15, 0.2) is 30.6 Å². The Morgan fingerprint density at radius 2 is 2.22 bits per heavy atom. The van der Waals surface area contributed by atoms with Crippen molar-refractivity contribution in [3.8, 4) is 0 Å². The summed E-state index contributed by atoms with van der Waals surface area (Å²) in [6.45, 7) is 3.98. The van der Waals surface area contributed by atoms with E-state index >= 15 is 0 Å². The SMILES string of the molecule is Cc1ccc2c(c1)N(Cc1cnn(C3CCS(=O)(=O)C3)c1)CC2. The van der Waals surface area contributed by atoms with E-state index in [0.717, 1.165) is 25.1 Å². The van der Waals surface area contributed by atoms with Crippen molar-refractivity contribution in [2.45, 2.75) is 32.4 Å². The van der Waals surface area contributed by atoms with E-state index in [1.807, 2.05) is 17.1 Å². The molecule has 0 aliphatic carbocycles. The van der Waals surface area contributed by atoms with Gasteiger partial charge in [0.25, 0.3) is 0 Å². The van der Waals surface area contributed by atoms with Crippen LogP contribution in [0.1, 0.15) is 29.2 Å². The van der Waals surface area contributed by atoms with Gasteiger partial charge in [-0.3, -0.25) is 4.68 Å². The van der Waals surface area contributed by atoms with Crippen molar-refractivity contribution in [1.29, 1.82) is 0 Å². The number of hydrogen-bond acceptors (Lipinski definition) is 4. The summed E-state index contributed by atoms with van der Waals surface area (Å²) in [7, 11) is -2.87. The Labute approximate surface area is 136 Å². The predicted octanol–water partition coefficient (Wildman–Crippen LogP) is 2.11. The van der Waals surface area contributed by atoms with Crippen LogP contribution in [0.5, 0.6) is 0 Å². The summed E-state index contributed by atoms with van der Waals surface area (Å²) >= 11 is 0. The van der Waals surface area contributed by atoms with Gasteiger partial charge < -0.3 is 4.90 Å². The molecule has 2 aliphatic rings. The second-order valence-corrected chi connectivity index (χ2v) is 8.92. The number of rotatable bonds is 3. The van der Waals surface area contributed by atoms with Gasteiger partial charge in [-0.1, -0.05) is 12.1 Å². The number of hydrogen-bond donors (Lipinski definition) is 0. The maximum Gasteiger partial charge on any atom is 0.152 e. The molecule has 122 valence electrons. The first-order valence-corrected chi connectivity index (χ1v) is 9.90. The lowest BCUT2D eigenvalue weighted by Crippen LogP contribution is -2.19. The predicted molar refractivity (Wildman–Crippen MR) is 90.5 cm³/mol. The lowest BCUT2D eigenvalue weighted by molar-refractivity contribution is 0.499. The third-order valence-corrected chi connectivity index (χ3v) is 6.59. The third kappa shape index (κ3) is 2.87. The molecular weight excluding hydrogens is 310 g/mol. The minimum atomic E-state index is -2.87. The number of fused-ring (bicyclic) bond motifs is 1. The van der Waals surface area contributed by atoms with Crippen LogP contribution in [0.4, 0.5) is 5.69 Å². The highest BCUT2D eigenvalue weighted by molar-refractivity contribution is 7.91. The number of benzene rings is 1. The summed E-state index contributed by atoms with van der Waals surface area (Å²) in [4.78, 5) is 2.38. The molecule has 6 heteroatoms. The summed E-state index contributed by atoms with van der Waals surface area (Å²) in [5, 5.41) is 4.40. The minimum Gasteiger partial charge on any atom is -0.367 e. The van der Waals surface area contributed by atoms with Crippen molar-refractivity contribution in [3.63, 3.8) is 0 Å². The van der Waals surface area contributed by atoms with E-state index < -0.39 is 9.84 Å². The van der Waals surface area contributed by atoms with Crippen LogP contribution in [0.3, 0.4) is 0 Å². The molecule has 2 aromatic rings. The van der Waals surface area contributed by atoms with E-state index in [9.17, 15) is 8.42 Å². The second kappa shape index (κ2) is 5.37. The van der Waals surface area contributed by atoms with Crippen LogP contribution in [-0.4, -0.2) is 36.2 Å². The van der Waals surface area contributed by atoms with E-state index in [1.165, 1.54) is 16.8 Å². The van der Waals surface area contributed by atoms with Gasteiger partial charge in [-0.15, -0.1) is 0 Å². The lowest BCUT2D eigenvalue weighted by Gasteiger charge is -2.18. The molecule has 23 heavy (non-hydrogen) atoms. The summed E-state index contributed by atoms with van der Waals surface area (Å²) in [5.74, 6) is 0.505. The Morgan fingerprint density at radius 1 is 1.35 bits per heavy atom. The van der Waals surface area contributed by atoms with E-state index in [0.29, 0.717) is 6.42 Å². The Kier molecular flexibility index (Phi) is 3.44. The van der Waals surface area contributed by atoms with Gasteiger partial charge in [0.2, 0.25) is 0 Å². The van der Waals surface area contributed by atoms with E-state index in [-0.39, 0.29) is 17.5 Å². The fourth-order valence-corrected chi connectivity index (χ4v) is 5.29. The molecule has 1 aromatic heterocycles. The Bertz CT molecular complexity index is 841. The molecule has 1 saturated heterocycles. The largest absolute Gasteiger partial charge is 0.367 e. The Balaban J connectivity index is 1.50. The van der Waals surface area contributed by atoms with Gasteiger partial charge in [-0.05, 0) is 37.0 Å². The highest BCUT2D eigenvalue weighted by Crippen LogP contribution is 2.30. The highest BCUT2D eigenvalue weighted by atomic mass is 32.2. The minimum absolute atomic E-state index is 0.00172. The molecular formula is C17H21N3O2S. The van der Waals surface area contributed by atoms with Crippen LogP contribution in [0.25, 0.3) is 0 Å².